The Balaban J connectivity index is 1.71. The predicted molar refractivity (Wildman–Crippen MR) is 77.9 cm³/mol. The van der Waals surface area contributed by atoms with Gasteiger partial charge in [-0.2, -0.15) is 0 Å². The molecule has 2 saturated heterocycles. The van der Waals surface area contributed by atoms with Crippen molar-refractivity contribution < 1.29 is 0 Å². The summed E-state index contributed by atoms with van der Waals surface area (Å²) in [6.07, 6.45) is 2.77. The largest absolute Gasteiger partial charge is 0.312 e. The zero-order chi connectivity index (χ0) is 13.1. The van der Waals surface area contributed by atoms with Crippen LogP contribution >= 0.6 is 0 Å². The average molecular weight is 253 g/mol. The topological polar surface area (TPSA) is 18.5 Å². The van der Waals surface area contributed by atoms with E-state index in [0.29, 0.717) is 12.1 Å². The van der Waals surface area contributed by atoms with Gasteiger partial charge in [0.05, 0.1) is 0 Å². The van der Waals surface area contributed by atoms with Crippen molar-refractivity contribution in [1.29, 1.82) is 0 Å². The second-order valence-corrected chi connectivity index (χ2v) is 6.62. The van der Waals surface area contributed by atoms with Crippen molar-refractivity contribution in [2.75, 3.05) is 32.7 Å². The molecule has 2 fully saturated rings. The third-order valence-electron chi connectivity index (χ3n) is 4.74. The molecule has 0 saturated carbocycles. The molecule has 0 aliphatic carbocycles. The number of hydrogen-bond acceptors (Lipinski definition) is 3. The maximum Gasteiger partial charge on any atom is 0.0121 e. The van der Waals surface area contributed by atoms with Gasteiger partial charge in [-0.25, -0.2) is 0 Å². The minimum Gasteiger partial charge on any atom is -0.312 e. The summed E-state index contributed by atoms with van der Waals surface area (Å²) < 4.78 is 0. The monoisotopic (exact) mass is 253 g/mol. The molecule has 2 rings (SSSR count). The predicted octanol–water partition coefficient (Wildman–Crippen LogP) is 1.79. The van der Waals surface area contributed by atoms with Gasteiger partial charge in [0.25, 0.3) is 0 Å². The molecule has 3 atom stereocenters. The van der Waals surface area contributed by atoms with Crippen molar-refractivity contribution in [2.24, 2.45) is 5.92 Å². The maximum absolute atomic E-state index is 3.82. The van der Waals surface area contributed by atoms with E-state index in [2.05, 4.69) is 42.8 Å². The lowest BCUT2D eigenvalue weighted by molar-refractivity contribution is 0.164. The summed E-state index contributed by atoms with van der Waals surface area (Å²) >= 11 is 0. The maximum atomic E-state index is 3.82. The Morgan fingerprint density at radius 2 is 1.78 bits per heavy atom. The van der Waals surface area contributed by atoms with Gasteiger partial charge in [-0.3, -0.25) is 4.90 Å². The summed E-state index contributed by atoms with van der Waals surface area (Å²) in [6, 6.07) is 2.09. The lowest BCUT2D eigenvalue weighted by Crippen LogP contribution is -2.48. The SMILES string of the molecule is CC(C)N(CCNC1CCN2CCC1C2)C(C)C. The van der Waals surface area contributed by atoms with E-state index in [1.54, 1.807) is 0 Å². The second-order valence-electron chi connectivity index (χ2n) is 6.62. The first kappa shape index (κ1) is 14.3. The van der Waals surface area contributed by atoms with E-state index in [0.717, 1.165) is 18.5 Å². The fourth-order valence-electron chi connectivity index (χ4n) is 3.71. The highest BCUT2D eigenvalue weighted by atomic mass is 15.2. The first-order valence-electron chi connectivity index (χ1n) is 7.79. The van der Waals surface area contributed by atoms with Crippen molar-refractivity contribution >= 4 is 0 Å². The van der Waals surface area contributed by atoms with Gasteiger partial charge in [0.15, 0.2) is 0 Å². The minimum absolute atomic E-state index is 0.653. The van der Waals surface area contributed by atoms with Crippen molar-refractivity contribution in [3.05, 3.63) is 0 Å². The van der Waals surface area contributed by atoms with Crippen LogP contribution in [-0.4, -0.2) is 60.6 Å². The van der Waals surface area contributed by atoms with Crippen LogP contribution < -0.4 is 5.32 Å². The number of nitrogens with one attached hydrogen (secondary N) is 1. The Morgan fingerprint density at radius 1 is 1.11 bits per heavy atom. The molecule has 0 amide bonds. The summed E-state index contributed by atoms with van der Waals surface area (Å²) in [4.78, 5) is 5.20. The zero-order valence-corrected chi connectivity index (χ0v) is 12.7. The molecule has 18 heavy (non-hydrogen) atoms. The fourth-order valence-corrected chi connectivity index (χ4v) is 3.71. The van der Waals surface area contributed by atoms with Gasteiger partial charge in [0.1, 0.15) is 0 Å². The molecule has 0 spiro atoms. The van der Waals surface area contributed by atoms with E-state index in [9.17, 15) is 0 Å². The molecule has 2 aliphatic heterocycles. The van der Waals surface area contributed by atoms with Crippen molar-refractivity contribution in [3.8, 4) is 0 Å². The third-order valence-corrected chi connectivity index (χ3v) is 4.74. The number of hydrogen-bond donors (Lipinski definition) is 1. The Bertz CT molecular complexity index is 244. The van der Waals surface area contributed by atoms with Crippen LogP contribution in [0.5, 0.6) is 0 Å². The lowest BCUT2D eigenvalue weighted by Gasteiger charge is -2.34. The van der Waals surface area contributed by atoms with Crippen molar-refractivity contribution in [2.45, 2.75) is 58.7 Å². The molecular formula is C15H31N3. The number of nitrogens with zero attached hydrogens (tertiary/aromatic N) is 2. The van der Waals surface area contributed by atoms with Crippen LogP contribution in [0.15, 0.2) is 0 Å². The van der Waals surface area contributed by atoms with Gasteiger partial charge < -0.3 is 10.2 Å². The molecule has 0 aromatic heterocycles. The molecule has 2 bridgehead atoms. The minimum atomic E-state index is 0.653. The molecular weight excluding hydrogens is 222 g/mol. The van der Waals surface area contributed by atoms with Gasteiger partial charge in [0.2, 0.25) is 0 Å². The summed E-state index contributed by atoms with van der Waals surface area (Å²) in [6.45, 7) is 15.5. The quantitative estimate of drug-likeness (QED) is 0.778. The number of rotatable bonds is 6. The zero-order valence-electron chi connectivity index (χ0n) is 12.7. The molecule has 3 nitrogen and oxygen atoms in total. The van der Waals surface area contributed by atoms with Gasteiger partial charge in [-0.15, -0.1) is 0 Å². The summed E-state index contributed by atoms with van der Waals surface area (Å²) in [7, 11) is 0. The smallest absolute Gasteiger partial charge is 0.0121 e. The van der Waals surface area contributed by atoms with Crippen LogP contribution in [-0.2, 0) is 0 Å². The normalized spacial score (nSPS) is 31.8. The molecule has 0 aromatic carbocycles. The van der Waals surface area contributed by atoms with Gasteiger partial charge in [0, 0.05) is 37.8 Å². The molecule has 2 aliphatic rings. The molecule has 0 radical (unpaired) electrons. The van der Waals surface area contributed by atoms with E-state index in [1.165, 1.54) is 39.0 Å². The second kappa shape index (κ2) is 6.36. The Kier molecular flexibility index (Phi) is 5.05. The highest BCUT2D eigenvalue weighted by Gasteiger charge is 2.33. The lowest BCUT2D eigenvalue weighted by atomic mass is 9.94. The Hall–Kier alpha value is -0.120. The van der Waals surface area contributed by atoms with Gasteiger partial charge in [-0.1, -0.05) is 0 Å². The summed E-state index contributed by atoms with van der Waals surface area (Å²) in [5, 5.41) is 3.82. The number of fused-ring (bicyclic) bond motifs is 2. The third kappa shape index (κ3) is 3.46. The summed E-state index contributed by atoms with van der Waals surface area (Å²) in [5.74, 6) is 0.922. The van der Waals surface area contributed by atoms with Crippen LogP contribution in [0.4, 0.5) is 0 Å². The highest BCUT2D eigenvalue weighted by Crippen LogP contribution is 2.26. The van der Waals surface area contributed by atoms with Crippen LogP contribution in [0.2, 0.25) is 0 Å². The standard InChI is InChI=1S/C15H31N3/c1-12(2)18(13(3)4)10-7-16-15-6-9-17-8-5-14(15)11-17/h12-16H,5-11H2,1-4H3. The fraction of sp³-hybridized carbons (Fsp3) is 1.00. The molecule has 106 valence electrons. The Morgan fingerprint density at radius 3 is 2.44 bits per heavy atom. The van der Waals surface area contributed by atoms with Crippen LogP contribution in [0, 0.1) is 5.92 Å². The van der Waals surface area contributed by atoms with E-state index in [-0.39, 0.29) is 0 Å². The van der Waals surface area contributed by atoms with Crippen LogP contribution in [0.1, 0.15) is 40.5 Å². The van der Waals surface area contributed by atoms with E-state index >= 15 is 0 Å². The molecule has 0 aromatic rings. The highest BCUT2D eigenvalue weighted by molar-refractivity contribution is 4.90. The summed E-state index contributed by atoms with van der Waals surface area (Å²) in [5.41, 5.74) is 0. The van der Waals surface area contributed by atoms with E-state index in [4.69, 9.17) is 0 Å². The van der Waals surface area contributed by atoms with E-state index in [1.807, 2.05) is 0 Å². The van der Waals surface area contributed by atoms with Crippen LogP contribution in [0.3, 0.4) is 0 Å². The molecule has 2 heterocycles. The van der Waals surface area contributed by atoms with Crippen molar-refractivity contribution in [3.63, 3.8) is 0 Å². The average Bonchev–Trinajstić information content (AvgIpc) is 2.69. The Labute approximate surface area is 113 Å². The first-order chi connectivity index (χ1) is 8.58. The number of piperidine rings is 1. The van der Waals surface area contributed by atoms with Gasteiger partial charge >= 0.3 is 0 Å². The van der Waals surface area contributed by atoms with Gasteiger partial charge in [-0.05, 0) is 59.5 Å². The van der Waals surface area contributed by atoms with E-state index < -0.39 is 0 Å². The van der Waals surface area contributed by atoms with Crippen molar-refractivity contribution in [1.82, 2.24) is 15.1 Å². The molecule has 1 N–H and O–H groups in total. The molecule has 3 unspecified atom stereocenters. The van der Waals surface area contributed by atoms with Crippen LogP contribution in [0.25, 0.3) is 0 Å². The molecule has 3 heteroatoms. The first-order valence-corrected chi connectivity index (χ1v) is 7.79.